The monoisotopic (exact) mass is 142 g/mol. The Morgan fingerprint density at radius 1 is 1.40 bits per heavy atom. The second kappa shape index (κ2) is 1.95. The Kier molecular flexibility index (Phi) is 1.29. The molecule has 0 bridgehead atoms. The largest absolute Gasteiger partial charge is 0.329 e. The van der Waals surface area contributed by atoms with Crippen LogP contribution in [0.2, 0.25) is 0 Å². The van der Waals surface area contributed by atoms with Gasteiger partial charge in [0.1, 0.15) is 13.1 Å². The lowest BCUT2D eigenvalue weighted by Crippen LogP contribution is -2.50. The van der Waals surface area contributed by atoms with E-state index in [9.17, 15) is 0 Å². The molecular formula is C8H16NO+. The van der Waals surface area contributed by atoms with Crippen LogP contribution in [0, 0.1) is 0 Å². The molecule has 2 saturated heterocycles. The summed E-state index contributed by atoms with van der Waals surface area (Å²) in [7, 11) is 0. The number of hydrogen-bond donors (Lipinski definition) is 0. The molecule has 2 fully saturated rings. The zero-order chi connectivity index (χ0) is 7.19. The topological polar surface area (TPSA) is 9.23 Å². The molecule has 0 aliphatic carbocycles. The smallest absolute Gasteiger partial charge is 0.195 e. The Labute approximate surface area is 62.4 Å². The van der Waals surface area contributed by atoms with Crippen molar-refractivity contribution in [2.75, 3.05) is 19.7 Å². The first-order chi connectivity index (χ1) is 4.76. The summed E-state index contributed by atoms with van der Waals surface area (Å²) >= 11 is 0. The number of nitrogens with zero attached hydrogens (tertiary/aromatic N) is 1. The molecule has 0 spiro atoms. The number of ether oxygens (including phenoxy) is 1. The number of hydrogen-bond acceptors (Lipinski definition) is 1. The van der Waals surface area contributed by atoms with Crippen LogP contribution in [0.1, 0.15) is 20.3 Å². The molecule has 2 nitrogen and oxygen atoms in total. The minimum absolute atomic E-state index is 0.569. The molecule has 0 aromatic carbocycles. The third-order valence-corrected chi connectivity index (χ3v) is 3.02. The van der Waals surface area contributed by atoms with Gasteiger partial charge in [0.25, 0.3) is 0 Å². The van der Waals surface area contributed by atoms with Crippen LogP contribution in [0.25, 0.3) is 0 Å². The highest BCUT2D eigenvalue weighted by Gasteiger charge is 2.54. The van der Waals surface area contributed by atoms with Gasteiger partial charge < -0.3 is 4.74 Å². The van der Waals surface area contributed by atoms with E-state index in [0.29, 0.717) is 6.23 Å². The predicted octanol–water partition coefficient (Wildman–Crippen LogP) is 0.972. The Morgan fingerprint density at radius 2 is 2.00 bits per heavy atom. The Hall–Kier alpha value is -0.0800. The summed E-state index contributed by atoms with van der Waals surface area (Å²) in [6, 6.07) is 0.769. The normalized spacial score (nSPS) is 35.7. The Bertz CT molecular complexity index is 136. The van der Waals surface area contributed by atoms with Gasteiger partial charge >= 0.3 is 0 Å². The van der Waals surface area contributed by atoms with Gasteiger partial charge in [0.15, 0.2) is 6.23 Å². The predicted molar refractivity (Wildman–Crippen MR) is 39.5 cm³/mol. The molecule has 0 saturated carbocycles. The minimum Gasteiger partial charge on any atom is -0.329 e. The summed E-state index contributed by atoms with van der Waals surface area (Å²) in [6.07, 6.45) is 1.86. The fraction of sp³-hybridized carbons (Fsp3) is 1.00. The van der Waals surface area contributed by atoms with Crippen LogP contribution in [0.15, 0.2) is 0 Å². The zero-order valence-electron chi connectivity index (χ0n) is 6.84. The maximum Gasteiger partial charge on any atom is 0.195 e. The molecule has 0 N–H and O–H groups in total. The second-order valence-electron chi connectivity index (χ2n) is 3.76. The fourth-order valence-electron chi connectivity index (χ4n) is 1.88. The van der Waals surface area contributed by atoms with Gasteiger partial charge in [-0.1, -0.05) is 0 Å². The molecule has 0 amide bonds. The van der Waals surface area contributed by atoms with Crippen LogP contribution in [0.5, 0.6) is 0 Å². The van der Waals surface area contributed by atoms with Crippen LogP contribution in [-0.4, -0.2) is 36.4 Å². The molecule has 1 unspecified atom stereocenters. The average Bonchev–Trinajstić information content (AvgIpc) is 2.41. The number of rotatable bonds is 2. The van der Waals surface area contributed by atoms with E-state index in [0.717, 1.165) is 12.6 Å². The summed E-state index contributed by atoms with van der Waals surface area (Å²) in [5.74, 6) is 0. The highest BCUT2D eigenvalue weighted by Crippen LogP contribution is 2.36. The fourth-order valence-corrected chi connectivity index (χ4v) is 1.88. The minimum atomic E-state index is 0.569. The van der Waals surface area contributed by atoms with E-state index in [1.54, 1.807) is 0 Å². The first-order valence-electron chi connectivity index (χ1n) is 4.24. The molecule has 58 valence electrons. The molecule has 0 aromatic rings. The van der Waals surface area contributed by atoms with Crippen molar-refractivity contribution in [2.45, 2.75) is 32.5 Å². The molecular weight excluding hydrogens is 126 g/mol. The summed E-state index contributed by atoms with van der Waals surface area (Å²) in [5, 5.41) is 0. The zero-order valence-corrected chi connectivity index (χ0v) is 6.84. The van der Waals surface area contributed by atoms with Crippen LogP contribution >= 0.6 is 0 Å². The van der Waals surface area contributed by atoms with Gasteiger partial charge in [-0.2, -0.15) is 0 Å². The van der Waals surface area contributed by atoms with Gasteiger partial charge in [-0.05, 0) is 13.8 Å². The Balaban J connectivity index is 2.00. The standard InChI is InChI=1S/C8H16NO/c1-7(2)9(4-5-9)8-3-6-10-8/h7-8H,3-6H2,1-2H3/q+1. The van der Waals surface area contributed by atoms with Crippen molar-refractivity contribution in [3.05, 3.63) is 0 Å². The lowest BCUT2D eigenvalue weighted by atomic mass is 10.2. The van der Waals surface area contributed by atoms with Gasteiger partial charge in [-0.3, -0.25) is 4.48 Å². The summed E-state index contributed by atoms with van der Waals surface area (Å²) in [4.78, 5) is 0. The van der Waals surface area contributed by atoms with Crippen molar-refractivity contribution in [1.29, 1.82) is 0 Å². The third-order valence-electron chi connectivity index (χ3n) is 3.02. The molecule has 2 aliphatic heterocycles. The van der Waals surface area contributed by atoms with Crippen LogP contribution in [-0.2, 0) is 4.74 Å². The molecule has 2 heterocycles. The Morgan fingerprint density at radius 3 is 2.10 bits per heavy atom. The van der Waals surface area contributed by atoms with Crippen molar-refractivity contribution >= 4 is 0 Å². The molecule has 2 rings (SSSR count). The summed E-state index contributed by atoms with van der Waals surface area (Å²) in [5.41, 5.74) is 0. The molecule has 10 heavy (non-hydrogen) atoms. The molecule has 0 radical (unpaired) electrons. The molecule has 2 heteroatoms. The lowest BCUT2D eigenvalue weighted by Gasteiger charge is -2.37. The average molecular weight is 142 g/mol. The van der Waals surface area contributed by atoms with Gasteiger partial charge in [0, 0.05) is 0 Å². The van der Waals surface area contributed by atoms with Crippen LogP contribution in [0.3, 0.4) is 0 Å². The van der Waals surface area contributed by atoms with Crippen LogP contribution in [0.4, 0.5) is 0 Å². The van der Waals surface area contributed by atoms with E-state index in [1.165, 1.54) is 24.0 Å². The summed E-state index contributed by atoms with van der Waals surface area (Å²) in [6.45, 7) is 8.30. The van der Waals surface area contributed by atoms with Crippen LogP contribution < -0.4 is 0 Å². The highest BCUT2D eigenvalue weighted by atomic mass is 16.5. The maximum atomic E-state index is 5.49. The first-order valence-corrected chi connectivity index (χ1v) is 4.24. The number of quaternary nitrogens is 1. The summed E-state index contributed by atoms with van der Waals surface area (Å²) < 4.78 is 6.74. The third kappa shape index (κ3) is 0.722. The van der Waals surface area contributed by atoms with E-state index in [2.05, 4.69) is 13.8 Å². The maximum absolute atomic E-state index is 5.49. The van der Waals surface area contributed by atoms with E-state index < -0.39 is 0 Å². The van der Waals surface area contributed by atoms with E-state index >= 15 is 0 Å². The molecule has 2 aliphatic rings. The van der Waals surface area contributed by atoms with Crippen molar-refractivity contribution in [1.82, 2.24) is 0 Å². The van der Waals surface area contributed by atoms with Crippen molar-refractivity contribution in [2.24, 2.45) is 0 Å². The van der Waals surface area contributed by atoms with E-state index in [-0.39, 0.29) is 0 Å². The van der Waals surface area contributed by atoms with Gasteiger partial charge in [-0.25, -0.2) is 0 Å². The van der Waals surface area contributed by atoms with Crippen molar-refractivity contribution < 1.29 is 9.22 Å². The van der Waals surface area contributed by atoms with E-state index in [4.69, 9.17) is 4.74 Å². The van der Waals surface area contributed by atoms with Crippen molar-refractivity contribution in [3.8, 4) is 0 Å². The lowest BCUT2D eigenvalue weighted by molar-refractivity contribution is -0.886. The van der Waals surface area contributed by atoms with E-state index in [1.807, 2.05) is 0 Å². The molecule has 0 aromatic heterocycles. The van der Waals surface area contributed by atoms with Gasteiger partial charge in [0.2, 0.25) is 0 Å². The highest BCUT2D eigenvalue weighted by molar-refractivity contribution is 4.69. The molecule has 1 atom stereocenters. The quantitative estimate of drug-likeness (QED) is 0.412. The second-order valence-corrected chi connectivity index (χ2v) is 3.76. The van der Waals surface area contributed by atoms with Crippen molar-refractivity contribution in [3.63, 3.8) is 0 Å². The van der Waals surface area contributed by atoms with Gasteiger partial charge in [0.05, 0.1) is 19.1 Å². The SMILES string of the molecule is CC(C)[N+]1(C2CCO2)CC1. The first kappa shape index (κ1) is 6.62. The van der Waals surface area contributed by atoms with Gasteiger partial charge in [-0.15, -0.1) is 0 Å².